The standard InChI is InChI=1S/C12H26.CH3.Na.H2O4S/c1-3-5-7-9-11-12-10-8-6-4-2;;;1-5(2,3)4/h3-12H2,1-2H3;1H3;;(H2,1,2,3,4)/q;-1;+1;. The molecule has 0 saturated carbocycles. The zero-order chi connectivity index (χ0) is 13.6. The molecule has 0 aromatic heterocycles. The van der Waals surface area contributed by atoms with Crippen LogP contribution in [0, 0.1) is 7.43 Å². The van der Waals surface area contributed by atoms with Gasteiger partial charge in [-0.1, -0.05) is 78.1 Å². The summed E-state index contributed by atoms with van der Waals surface area (Å²) in [5, 5.41) is 0. The molecule has 0 aliphatic carbocycles. The summed E-state index contributed by atoms with van der Waals surface area (Å²) in [6, 6.07) is 0. The van der Waals surface area contributed by atoms with Crippen molar-refractivity contribution in [3.8, 4) is 0 Å². The Morgan fingerprint density at radius 3 is 1.00 bits per heavy atom. The maximum atomic E-state index is 8.74. The van der Waals surface area contributed by atoms with Crippen molar-refractivity contribution < 1.29 is 47.1 Å². The summed E-state index contributed by atoms with van der Waals surface area (Å²) in [7, 11) is -4.67. The van der Waals surface area contributed by atoms with E-state index in [0.717, 1.165) is 0 Å². The molecule has 0 rings (SSSR count). The Morgan fingerprint density at radius 2 is 0.842 bits per heavy atom. The molecule has 0 atom stereocenters. The predicted octanol–water partition coefficient (Wildman–Crippen LogP) is 1.73. The molecule has 0 spiro atoms. The minimum atomic E-state index is -4.67. The van der Waals surface area contributed by atoms with Crippen LogP contribution in [0.15, 0.2) is 0 Å². The average molecular weight is 306 g/mol. The van der Waals surface area contributed by atoms with Gasteiger partial charge in [-0.05, 0) is 0 Å². The molecule has 4 nitrogen and oxygen atoms in total. The minimum Gasteiger partial charge on any atom is -0.358 e. The Morgan fingerprint density at radius 1 is 0.684 bits per heavy atom. The van der Waals surface area contributed by atoms with E-state index >= 15 is 0 Å². The molecule has 0 aliphatic heterocycles. The smallest absolute Gasteiger partial charge is 0.358 e. The number of hydrogen-bond acceptors (Lipinski definition) is 2. The van der Waals surface area contributed by atoms with E-state index in [1.165, 1.54) is 64.2 Å². The summed E-state index contributed by atoms with van der Waals surface area (Å²) < 4.78 is 31.6. The third-order valence-electron chi connectivity index (χ3n) is 2.46. The molecule has 0 amide bonds. The molecule has 0 aromatic carbocycles. The molecule has 0 heterocycles. The van der Waals surface area contributed by atoms with Gasteiger partial charge in [0.25, 0.3) is 0 Å². The summed E-state index contributed by atoms with van der Waals surface area (Å²) in [5.41, 5.74) is 0. The van der Waals surface area contributed by atoms with Gasteiger partial charge in [0.05, 0.1) is 0 Å². The van der Waals surface area contributed by atoms with Crippen molar-refractivity contribution >= 4 is 10.4 Å². The van der Waals surface area contributed by atoms with Crippen LogP contribution in [0.5, 0.6) is 0 Å². The second-order valence-corrected chi connectivity index (χ2v) is 5.17. The van der Waals surface area contributed by atoms with Crippen LogP contribution in [0.4, 0.5) is 0 Å². The molecule has 2 N–H and O–H groups in total. The van der Waals surface area contributed by atoms with Crippen molar-refractivity contribution in [1.29, 1.82) is 0 Å². The Balaban J connectivity index is -0.000000139. The van der Waals surface area contributed by atoms with Gasteiger partial charge in [0, 0.05) is 0 Å². The Hall–Kier alpha value is 0.870. The SMILES string of the molecule is CCCCCCCCCCCC.O=S(=O)(O)O.[CH3-].[Na+]. The molecule has 0 fully saturated rings. The summed E-state index contributed by atoms with van der Waals surface area (Å²) >= 11 is 0. The molecule has 6 heteroatoms. The molecule has 19 heavy (non-hydrogen) atoms. The van der Waals surface area contributed by atoms with Crippen molar-refractivity contribution in [2.45, 2.75) is 78.1 Å². The van der Waals surface area contributed by atoms with Gasteiger partial charge in [-0.15, -0.1) is 0 Å². The molecule has 0 aromatic rings. The van der Waals surface area contributed by atoms with Crippen LogP contribution in [-0.2, 0) is 10.4 Å². The molecule has 0 radical (unpaired) electrons. The van der Waals surface area contributed by atoms with Crippen molar-refractivity contribution in [3.63, 3.8) is 0 Å². The third kappa shape index (κ3) is 55.1. The van der Waals surface area contributed by atoms with E-state index in [0.29, 0.717) is 0 Å². The summed E-state index contributed by atoms with van der Waals surface area (Å²) in [6.45, 7) is 4.56. The van der Waals surface area contributed by atoms with Crippen molar-refractivity contribution in [3.05, 3.63) is 7.43 Å². The molecule has 114 valence electrons. The third-order valence-corrected chi connectivity index (χ3v) is 2.46. The zero-order valence-corrected chi connectivity index (χ0v) is 16.0. The first kappa shape index (κ1) is 28.1. The van der Waals surface area contributed by atoms with E-state index in [4.69, 9.17) is 17.5 Å². The van der Waals surface area contributed by atoms with Crippen LogP contribution in [0.2, 0.25) is 0 Å². The van der Waals surface area contributed by atoms with Gasteiger partial charge in [-0.2, -0.15) is 8.42 Å². The number of hydrogen-bond donors (Lipinski definition) is 2. The second-order valence-electron chi connectivity index (χ2n) is 4.28. The van der Waals surface area contributed by atoms with Crippen molar-refractivity contribution in [2.75, 3.05) is 0 Å². The maximum absolute atomic E-state index is 8.74. The van der Waals surface area contributed by atoms with E-state index in [-0.39, 0.29) is 37.0 Å². The van der Waals surface area contributed by atoms with E-state index in [9.17, 15) is 0 Å². The van der Waals surface area contributed by atoms with Crippen LogP contribution in [0.1, 0.15) is 78.1 Å². The van der Waals surface area contributed by atoms with E-state index in [1.54, 1.807) is 0 Å². The number of unbranched alkanes of at least 4 members (excludes halogenated alkanes) is 9. The minimum absolute atomic E-state index is 0. The molecule has 0 unspecified atom stereocenters. The van der Waals surface area contributed by atoms with Crippen molar-refractivity contribution in [2.24, 2.45) is 0 Å². The normalized spacial score (nSPS) is 9.68. The van der Waals surface area contributed by atoms with Gasteiger partial charge < -0.3 is 7.43 Å². The van der Waals surface area contributed by atoms with Gasteiger partial charge in [-0.3, -0.25) is 9.11 Å². The Labute approximate surface area is 142 Å². The van der Waals surface area contributed by atoms with E-state index in [1.807, 2.05) is 0 Å². The average Bonchev–Trinajstić information content (AvgIpc) is 2.20. The summed E-state index contributed by atoms with van der Waals surface area (Å²) in [5.74, 6) is 0. The Bertz CT molecular complexity index is 213. The molecular formula is C13H31NaO4S. The largest absolute Gasteiger partial charge is 1.00 e. The fourth-order valence-electron chi connectivity index (χ4n) is 1.56. The first-order valence-electron chi connectivity index (χ1n) is 6.61. The second kappa shape index (κ2) is 21.2. The quantitative estimate of drug-likeness (QED) is 0.294. The Kier molecular flexibility index (Phi) is 31.3. The van der Waals surface area contributed by atoms with E-state index < -0.39 is 10.4 Å². The number of rotatable bonds is 9. The predicted molar refractivity (Wildman–Crippen MR) is 78.1 cm³/mol. The molecule has 0 aliphatic rings. The van der Waals surface area contributed by atoms with Crippen LogP contribution >= 0.6 is 0 Å². The molecule has 0 saturated heterocycles. The van der Waals surface area contributed by atoms with Gasteiger partial charge >= 0.3 is 40.0 Å². The topological polar surface area (TPSA) is 74.6 Å². The molecule has 0 bridgehead atoms. The van der Waals surface area contributed by atoms with Gasteiger partial charge in [0.15, 0.2) is 0 Å². The first-order chi connectivity index (χ1) is 7.91. The van der Waals surface area contributed by atoms with Crippen LogP contribution < -0.4 is 29.6 Å². The van der Waals surface area contributed by atoms with Crippen molar-refractivity contribution in [1.82, 2.24) is 0 Å². The van der Waals surface area contributed by atoms with Crippen LogP contribution in [-0.4, -0.2) is 17.5 Å². The maximum Gasteiger partial charge on any atom is 1.00 e. The van der Waals surface area contributed by atoms with Crippen LogP contribution in [0.3, 0.4) is 0 Å². The fraction of sp³-hybridized carbons (Fsp3) is 0.923. The summed E-state index contributed by atoms with van der Waals surface area (Å²) in [6.07, 6.45) is 14.4. The zero-order valence-electron chi connectivity index (χ0n) is 13.2. The monoisotopic (exact) mass is 306 g/mol. The van der Waals surface area contributed by atoms with Gasteiger partial charge in [0.2, 0.25) is 0 Å². The fourth-order valence-corrected chi connectivity index (χ4v) is 1.56. The van der Waals surface area contributed by atoms with Crippen LogP contribution in [0.25, 0.3) is 0 Å². The first-order valence-corrected chi connectivity index (χ1v) is 8.01. The van der Waals surface area contributed by atoms with E-state index in [2.05, 4.69) is 13.8 Å². The van der Waals surface area contributed by atoms with Gasteiger partial charge in [-0.25, -0.2) is 0 Å². The molecular weight excluding hydrogens is 275 g/mol. The summed E-state index contributed by atoms with van der Waals surface area (Å²) in [4.78, 5) is 0. The van der Waals surface area contributed by atoms with Gasteiger partial charge in [0.1, 0.15) is 0 Å².